The number of nitrogens with one attached hydrogen (secondary N) is 1. The number of piperidine rings is 1. The van der Waals surface area contributed by atoms with Crippen LogP contribution in [0.1, 0.15) is 23.2 Å². The molecule has 0 atom stereocenters. The molecule has 0 aromatic heterocycles. The van der Waals surface area contributed by atoms with Gasteiger partial charge in [0.15, 0.2) is 0 Å². The summed E-state index contributed by atoms with van der Waals surface area (Å²) in [6, 6.07) is 10.6. The van der Waals surface area contributed by atoms with Gasteiger partial charge >= 0.3 is 6.36 Å². The number of hydrogen-bond acceptors (Lipinski definition) is 4. The molecule has 1 aliphatic heterocycles. The third-order valence-corrected chi connectivity index (χ3v) is 5.00. The highest BCUT2D eigenvalue weighted by Gasteiger charge is 2.31. The maximum Gasteiger partial charge on any atom is 0.573 e. The van der Waals surface area contributed by atoms with E-state index in [1.165, 1.54) is 6.07 Å². The van der Waals surface area contributed by atoms with Gasteiger partial charge in [-0.15, -0.1) is 13.2 Å². The summed E-state index contributed by atoms with van der Waals surface area (Å²) < 4.78 is 40.6. The molecular weight excluding hydrogens is 409 g/mol. The average molecular weight is 427 g/mol. The van der Waals surface area contributed by atoms with Crippen LogP contribution in [0.3, 0.4) is 0 Å². The molecule has 0 bridgehead atoms. The zero-order valence-corrected chi connectivity index (χ0v) is 16.0. The number of nitrogens with zero attached hydrogens (tertiary/aromatic N) is 1. The van der Waals surface area contributed by atoms with Crippen LogP contribution in [0.2, 0.25) is 5.02 Å². The molecule has 1 aliphatic rings. The average Bonchev–Trinajstić information content (AvgIpc) is 2.69. The van der Waals surface area contributed by atoms with Crippen LogP contribution in [0.4, 0.5) is 24.5 Å². The van der Waals surface area contributed by atoms with E-state index in [2.05, 4.69) is 15.0 Å². The van der Waals surface area contributed by atoms with E-state index in [4.69, 9.17) is 11.6 Å². The summed E-state index contributed by atoms with van der Waals surface area (Å²) in [5.41, 5.74) is 1.82. The minimum absolute atomic E-state index is 0.0344. The smallest absolute Gasteiger partial charge is 0.406 e. The number of benzene rings is 2. The maximum absolute atomic E-state index is 12.5. The van der Waals surface area contributed by atoms with Crippen molar-refractivity contribution in [2.24, 2.45) is 5.92 Å². The van der Waals surface area contributed by atoms with Gasteiger partial charge in [-0.1, -0.05) is 11.6 Å². The van der Waals surface area contributed by atoms with Crippen molar-refractivity contribution in [1.82, 2.24) is 0 Å². The van der Waals surface area contributed by atoms with Crippen LogP contribution >= 0.6 is 11.6 Å². The zero-order valence-electron chi connectivity index (χ0n) is 15.2. The van der Waals surface area contributed by atoms with Crippen LogP contribution in [-0.2, 0) is 4.79 Å². The molecule has 0 radical (unpaired) electrons. The lowest BCUT2D eigenvalue weighted by atomic mass is 9.95. The van der Waals surface area contributed by atoms with Crippen molar-refractivity contribution in [3.05, 3.63) is 53.1 Å². The number of aldehydes is 1. The third kappa shape index (κ3) is 5.63. The Hall–Kier alpha value is -2.74. The molecule has 1 fully saturated rings. The topological polar surface area (TPSA) is 58.6 Å². The summed E-state index contributed by atoms with van der Waals surface area (Å²) in [6.45, 7) is 1.34. The minimum Gasteiger partial charge on any atom is -0.406 e. The molecule has 1 N–H and O–H groups in total. The molecule has 0 unspecified atom stereocenters. The number of carbonyl (C=O) groups excluding carboxylic acids is 2. The first-order chi connectivity index (χ1) is 13.7. The van der Waals surface area contributed by atoms with Gasteiger partial charge in [0.1, 0.15) is 12.0 Å². The van der Waals surface area contributed by atoms with Crippen LogP contribution in [-0.4, -0.2) is 31.6 Å². The Balaban J connectivity index is 1.56. The summed E-state index contributed by atoms with van der Waals surface area (Å²) in [7, 11) is 0. The molecule has 1 saturated heterocycles. The Morgan fingerprint density at radius 3 is 2.34 bits per heavy atom. The number of ether oxygens (including phenoxy) is 1. The van der Waals surface area contributed by atoms with Crippen LogP contribution in [0, 0.1) is 5.92 Å². The van der Waals surface area contributed by atoms with Crippen LogP contribution < -0.4 is 15.0 Å². The van der Waals surface area contributed by atoms with Gasteiger partial charge in [0, 0.05) is 36.3 Å². The summed E-state index contributed by atoms with van der Waals surface area (Å²) in [6.07, 6.45) is -2.79. The first kappa shape index (κ1) is 21.0. The van der Waals surface area contributed by atoms with Gasteiger partial charge < -0.3 is 15.0 Å². The molecular formula is C20H18ClF3N2O3. The highest BCUT2D eigenvalue weighted by molar-refractivity contribution is 6.33. The number of hydrogen-bond donors (Lipinski definition) is 1. The lowest BCUT2D eigenvalue weighted by molar-refractivity contribution is -0.274. The van der Waals surface area contributed by atoms with Gasteiger partial charge in [-0.3, -0.25) is 9.59 Å². The fraction of sp³-hybridized carbons (Fsp3) is 0.300. The fourth-order valence-electron chi connectivity index (χ4n) is 3.19. The van der Waals surface area contributed by atoms with Crippen molar-refractivity contribution in [3.63, 3.8) is 0 Å². The summed E-state index contributed by atoms with van der Waals surface area (Å²) >= 11 is 5.97. The summed E-state index contributed by atoms with van der Waals surface area (Å²) in [4.78, 5) is 25.4. The number of amides is 1. The molecule has 9 heteroatoms. The lowest BCUT2D eigenvalue weighted by Crippen LogP contribution is -2.38. The molecule has 0 saturated carbocycles. The fourth-order valence-corrected chi connectivity index (χ4v) is 3.41. The Kier molecular flexibility index (Phi) is 6.32. The predicted molar refractivity (Wildman–Crippen MR) is 104 cm³/mol. The second-order valence-corrected chi connectivity index (χ2v) is 7.06. The molecule has 154 valence electrons. The third-order valence-electron chi connectivity index (χ3n) is 4.69. The molecule has 2 aromatic rings. The molecule has 5 nitrogen and oxygen atoms in total. The molecule has 0 aliphatic carbocycles. The second-order valence-electron chi connectivity index (χ2n) is 6.65. The largest absolute Gasteiger partial charge is 0.573 e. The van der Waals surface area contributed by atoms with E-state index in [-0.39, 0.29) is 22.5 Å². The van der Waals surface area contributed by atoms with E-state index in [1.807, 2.05) is 12.1 Å². The predicted octanol–water partition coefficient (Wildman–Crippen LogP) is 4.91. The van der Waals surface area contributed by atoms with Crippen LogP contribution in [0.25, 0.3) is 0 Å². The van der Waals surface area contributed by atoms with Gasteiger partial charge in [0.2, 0.25) is 5.91 Å². The van der Waals surface area contributed by atoms with E-state index < -0.39 is 12.1 Å². The number of halogens is 4. The van der Waals surface area contributed by atoms with Crippen molar-refractivity contribution >= 4 is 35.2 Å². The van der Waals surface area contributed by atoms with Crippen LogP contribution in [0.5, 0.6) is 5.75 Å². The van der Waals surface area contributed by atoms with Crippen molar-refractivity contribution in [1.29, 1.82) is 0 Å². The van der Waals surface area contributed by atoms with Gasteiger partial charge in [-0.25, -0.2) is 0 Å². The molecule has 3 rings (SSSR count). The zero-order chi connectivity index (χ0) is 21.0. The van der Waals surface area contributed by atoms with E-state index in [0.717, 1.165) is 24.1 Å². The Bertz CT molecular complexity index is 880. The highest BCUT2D eigenvalue weighted by Crippen LogP contribution is 2.31. The van der Waals surface area contributed by atoms with Crippen molar-refractivity contribution in [3.8, 4) is 5.75 Å². The van der Waals surface area contributed by atoms with E-state index in [9.17, 15) is 22.8 Å². The first-order valence-electron chi connectivity index (χ1n) is 8.91. The lowest BCUT2D eigenvalue weighted by Gasteiger charge is -2.33. The Morgan fingerprint density at radius 1 is 1.14 bits per heavy atom. The number of alkyl halides is 3. The van der Waals surface area contributed by atoms with Crippen molar-refractivity contribution in [2.45, 2.75) is 19.2 Å². The summed E-state index contributed by atoms with van der Waals surface area (Å²) in [5.74, 6) is -0.913. The first-order valence-corrected chi connectivity index (χ1v) is 9.29. The SMILES string of the molecule is O=Cc1ccc(N2CCC(C(=O)Nc3ccc(OC(F)(F)F)cc3Cl)CC2)cc1. The Morgan fingerprint density at radius 2 is 1.79 bits per heavy atom. The maximum atomic E-state index is 12.5. The standard InChI is InChI=1S/C20H18ClF3N2O3/c21-17-11-16(29-20(22,23)24)5-6-18(17)25-19(28)14-7-9-26(10-8-14)15-3-1-13(12-27)2-4-15/h1-6,11-12,14H,7-10H2,(H,25,28). The van der Waals surface area contributed by atoms with Gasteiger partial charge in [-0.2, -0.15) is 0 Å². The van der Waals surface area contributed by atoms with Gasteiger partial charge in [-0.05, 0) is 49.2 Å². The highest BCUT2D eigenvalue weighted by atomic mass is 35.5. The Labute approximate surface area is 170 Å². The number of carbonyl (C=O) groups is 2. The molecule has 1 heterocycles. The number of anilines is 2. The van der Waals surface area contributed by atoms with Gasteiger partial charge in [0.05, 0.1) is 10.7 Å². The molecule has 0 spiro atoms. The normalized spacial score (nSPS) is 15.1. The second kappa shape index (κ2) is 8.73. The van der Waals surface area contributed by atoms with Crippen LogP contribution in [0.15, 0.2) is 42.5 Å². The number of rotatable bonds is 5. The molecule has 1 amide bonds. The monoisotopic (exact) mass is 426 g/mol. The summed E-state index contributed by atoms with van der Waals surface area (Å²) in [5, 5.41) is 2.64. The minimum atomic E-state index is -4.81. The van der Waals surface area contributed by atoms with E-state index in [1.54, 1.807) is 12.1 Å². The van der Waals surface area contributed by atoms with Crippen molar-refractivity contribution < 1.29 is 27.5 Å². The van der Waals surface area contributed by atoms with E-state index in [0.29, 0.717) is 31.5 Å². The van der Waals surface area contributed by atoms with Gasteiger partial charge in [0.25, 0.3) is 0 Å². The molecule has 2 aromatic carbocycles. The molecule has 29 heavy (non-hydrogen) atoms. The van der Waals surface area contributed by atoms with Crippen molar-refractivity contribution in [2.75, 3.05) is 23.3 Å². The quantitative estimate of drug-likeness (QED) is 0.690. The van der Waals surface area contributed by atoms with E-state index >= 15 is 0 Å².